The lowest BCUT2D eigenvalue weighted by atomic mass is 9.91. The number of benzene rings is 2. The number of hydrogen-bond donors (Lipinski definition) is 7. The molecule has 0 radical (unpaired) electrons. The second-order valence-corrected chi connectivity index (χ2v) is 15.9. The van der Waals surface area contributed by atoms with E-state index < -0.39 is 97.0 Å². The van der Waals surface area contributed by atoms with E-state index >= 15 is 0 Å². The van der Waals surface area contributed by atoms with Gasteiger partial charge >= 0.3 is 0 Å². The zero-order valence-corrected chi connectivity index (χ0v) is 36.9. The number of carbonyl (C=O) groups excluding carboxylic acids is 9. The molecule has 0 heterocycles. The van der Waals surface area contributed by atoms with E-state index in [0.717, 1.165) is 4.90 Å². The van der Waals surface area contributed by atoms with E-state index in [1.807, 2.05) is 0 Å². The fourth-order valence-electron chi connectivity index (χ4n) is 6.91. The normalized spacial score (nSPS) is 13.9. The van der Waals surface area contributed by atoms with Crippen LogP contribution in [0.1, 0.15) is 105 Å². The van der Waals surface area contributed by atoms with E-state index in [4.69, 9.17) is 5.73 Å². The zero-order chi connectivity index (χ0) is 46.9. The van der Waals surface area contributed by atoms with Gasteiger partial charge < -0.3 is 42.1 Å². The van der Waals surface area contributed by atoms with E-state index in [0.29, 0.717) is 43.4 Å². The lowest BCUT2D eigenvalue weighted by Gasteiger charge is -2.31. The Kier molecular flexibility index (Phi) is 24.5. The van der Waals surface area contributed by atoms with Crippen molar-refractivity contribution in [3.05, 3.63) is 71.8 Å². The number of ketones is 4. The van der Waals surface area contributed by atoms with Gasteiger partial charge in [-0.3, -0.25) is 43.2 Å². The third-order valence-corrected chi connectivity index (χ3v) is 11.0. The summed E-state index contributed by atoms with van der Waals surface area (Å²) >= 11 is 0. The van der Waals surface area contributed by atoms with Crippen molar-refractivity contribution >= 4 is 52.7 Å². The van der Waals surface area contributed by atoms with Crippen molar-refractivity contribution in [1.82, 2.24) is 26.2 Å². The highest BCUT2D eigenvalue weighted by Crippen LogP contribution is 2.20. The number of aliphatic hydroxyl groups excluding tert-OH is 2. The van der Waals surface area contributed by atoms with E-state index in [9.17, 15) is 53.4 Å². The Hall–Kier alpha value is -5.65. The van der Waals surface area contributed by atoms with Crippen molar-refractivity contribution in [2.75, 3.05) is 40.4 Å². The van der Waals surface area contributed by atoms with Gasteiger partial charge in [0.15, 0.2) is 17.3 Å². The van der Waals surface area contributed by atoms with Crippen LogP contribution in [0.2, 0.25) is 0 Å². The molecule has 6 atom stereocenters. The van der Waals surface area contributed by atoms with Gasteiger partial charge in [-0.1, -0.05) is 43.3 Å². The molecule has 0 unspecified atom stereocenters. The molecule has 8 N–H and O–H groups in total. The number of nitrogens with one attached hydrogen (secondary N) is 4. The predicted octanol–water partition coefficient (Wildman–Crippen LogP) is 1.67. The van der Waals surface area contributed by atoms with Crippen LogP contribution in [-0.4, -0.2) is 126 Å². The first-order valence-corrected chi connectivity index (χ1v) is 21.5. The highest BCUT2D eigenvalue weighted by atomic mass is 16.3. The van der Waals surface area contributed by atoms with Crippen LogP contribution in [0.15, 0.2) is 60.7 Å². The number of amides is 5. The van der Waals surface area contributed by atoms with E-state index in [1.165, 1.54) is 21.0 Å². The van der Waals surface area contributed by atoms with Crippen molar-refractivity contribution < 1.29 is 53.4 Å². The summed E-state index contributed by atoms with van der Waals surface area (Å²) in [6.45, 7) is 1.99. The fraction of sp³-hybridized carbons (Fsp3) is 0.543. The highest BCUT2D eigenvalue weighted by Gasteiger charge is 2.35. The Labute approximate surface area is 369 Å². The molecule has 2 aromatic rings. The Balaban J connectivity index is 2.23. The number of nitrogens with two attached hydrogens (primary N) is 1. The van der Waals surface area contributed by atoms with Gasteiger partial charge in [-0.15, -0.1) is 0 Å². The minimum atomic E-state index is -1.34. The van der Waals surface area contributed by atoms with Crippen LogP contribution in [0.4, 0.5) is 0 Å². The number of hydrogen-bond acceptors (Lipinski definition) is 12. The zero-order valence-electron chi connectivity index (χ0n) is 36.9. The van der Waals surface area contributed by atoms with Gasteiger partial charge in [0.2, 0.25) is 17.7 Å². The maximum atomic E-state index is 14.1. The molecule has 0 aliphatic rings. The van der Waals surface area contributed by atoms with Crippen LogP contribution in [0.3, 0.4) is 0 Å². The summed E-state index contributed by atoms with van der Waals surface area (Å²) in [7, 11) is 2.86. The fourth-order valence-corrected chi connectivity index (χ4v) is 6.91. The van der Waals surface area contributed by atoms with Crippen molar-refractivity contribution in [3.8, 4) is 0 Å². The van der Waals surface area contributed by atoms with E-state index in [-0.39, 0.29) is 56.2 Å². The van der Waals surface area contributed by atoms with Gasteiger partial charge in [-0.2, -0.15) is 0 Å². The van der Waals surface area contributed by atoms with Crippen molar-refractivity contribution in [2.24, 2.45) is 23.5 Å². The van der Waals surface area contributed by atoms with Crippen molar-refractivity contribution in [3.63, 3.8) is 0 Å². The third kappa shape index (κ3) is 19.1. The number of likely N-dealkylation sites (N-methyl/N-ethyl adjacent to an activating group) is 2. The second-order valence-electron chi connectivity index (χ2n) is 15.9. The Bertz CT molecular complexity index is 1830. The quantitative estimate of drug-likeness (QED) is 0.0518. The molecule has 5 amide bonds. The van der Waals surface area contributed by atoms with Gasteiger partial charge in [-0.25, -0.2) is 0 Å². The van der Waals surface area contributed by atoms with Crippen LogP contribution in [0, 0.1) is 17.8 Å². The summed E-state index contributed by atoms with van der Waals surface area (Å²) in [5.74, 6) is -7.56. The van der Waals surface area contributed by atoms with Crippen LogP contribution in [0.25, 0.3) is 0 Å². The Morgan fingerprint density at radius 2 is 1.14 bits per heavy atom. The van der Waals surface area contributed by atoms with Crippen molar-refractivity contribution in [2.45, 2.75) is 103 Å². The van der Waals surface area contributed by atoms with E-state index in [1.54, 1.807) is 67.6 Å². The summed E-state index contributed by atoms with van der Waals surface area (Å²) < 4.78 is 0. The van der Waals surface area contributed by atoms with E-state index in [2.05, 4.69) is 21.3 Å². The Morgan fingerprint density at radius 3 is 1.62 bits per heavy atom. The molecule has 0 aliphatic carbocycles. The van der Waals surface area contributed by atoms with Crippen LogP contribution < -0.4 is 27.0 Å². The lowest BCUT2D eigenvalue weighted by molar-refractivity contribution is -0.145. The first-order chi connectivity index (χ1) is 30.0. The SMILES string of the molecule is CN[C@@H](CCC(N)=O)C(=O)C[C@@H](CO)C(=O)N(C)[C@@H](CCCCNC(=O)c1ccccc1)C(=O)C[C@@H](CO)C(=O)N[C@@H](CCCCNC(=O)c1ccccc1)C(=O)C[C@@H](C)C(C)=O. The minimum Gasteiger partial charge on any atom is -0.396 e. The van der Waals surface area contributed by atoms with Gasteiger partial charge in [0.05, 0.1) is 43.2 Å². The monoisotopic (exact) mass is 878 g/mol. The van der Waals surface area contributed by atoms with Crippen LogP contribution >= 0.6 is 0 Å². The average molecular weight is 879 g/mol. The molecule has 0 saturated heterocycles. The molecule has 0 aromatic heterocycles. The summed E-state index contributed by atoms with van der Waals surface area (Å²) in [5.41, 5.74) is 6.20. The maximum Gasteiger partial charge on any atom is 0.251 e. The smallest absolute Gasteiger partial charge is 0.251 e. The summed E-state index contributed by atoms with van der Waals surface area (Å²) in [6.07, 6.45) is 0.709. The van der Waals surface area contributed by atoms with Crippen LogP contribution in [-0.2, 0) is 33.6 Å². The van der Waals surface area contributed by atoms with Gasteiger partial charge in [0.1, 0.15) is 5.78 Å². The number of primary amides is 1. The molecule has 17 heteroatoms. The molecular formula is C46H66N6O11. The first kappa shape index (κ1) is 53.5. The third-order valence-electron chi connectivity index (χ3n) is 11.0. The number of carbonyl (C=O) groups is 9. The number of Topliss-reactive ketones (excluding diaryl/α,β-unsaturated/α-hetero) is 4. The molecule has 63 heavy (non-hydrogen) atoms. The number of unbranched alkanes of at least 4 members (excludes halogenated alkanes) is 2. The molecule has 0 saturated carbocycles. The Morgan fingerprint density at radius 1 is 0.651 bits per heavy atom. The standard InChI is InChI=1S/C46H66N6O11/c1-30(31(2)55)25-39(56)37(19-11-13-23-49-43(60)32-15-7-5-8-16-32)51-45(62)34(28-53)26-41(58)38(20-12-14-24-50-44(61)33-17-9-6-10-18-33)52(4)46(63)35(29-54)27-40(57)36(48-3)21-22-42(47)59/h5-10,15-18,30,34-38,48,53-54H,11-14,19-29H2,1-4H3,(H2,47,59)(H,49,60)(H,50,61)(H,51,62)/t30-,34+,35+,36+,37+,38+/m1/s1. The number of rotatable bonds is 32. The second kappa shape index (κ2) is 28.9. The first-order valence-electron chi connectivity index (χ1n) is 21.5. The maximum absolute atomic E-state index is 14.1. The lowest BCUT2D eigenvalue weighted by Crippen LogP contribution is -2.49. The molecule has 0 aliphatic heterocycles. The van der Waals surface area contributed by atoms with Crippen molar-refractivity contribution in [1.29, 1.82) is 0 Å². The summed E-state index contributed by atoms with van der Waals surface area (Å²) in [4.78, 5) is 118. The molecule has 2 rings (SSSR count). The molecule has 0 bridgehead atoms. The molecule has 17 nitrogen and oxygen atoms in total. The molecule has 2 aromatic carbocycles. The summed E-state index contributed by atoms with van der Waals surface area (Å²) in [6, 6.07) is 14.1. The predicted molar refractivity (Wildman–Crippen MR) is 235 cm³/mol. The largest absolute Gasteiger partial charge is 0.396 e. The highest BCUT2D eigenvalue weighted by molar-refractivity contribution is 5.97. The molecule has 346 valence electrons. The molecule has 0 spiro atoms. The number of nitrogens with zero attached hydrogens (tertiary/aromatic N) is 1. The minimum absolute atomic E-state index is 0.0662. The molecule has 0 fully saturated rings. The average Bonchev–Trinajstić information content (AvgIpc) is 3.27. The topological polar surface area (TPSA) is 271 Å². The van der Waals surface area contributed by atoms with Gasteiger partial charge in [-0.05, 0) is 83.2 Å². The molecular weight excluding hydrogens is 813 g/mol. The van der Waals surface area contributed by atoms with Crippen LogP contribution in [0.5, 0.6) is 0 Å². The van der Waals surface area contributed by atoms with Gasteiger partial charge in [0.25, 0.3) is 11.8 Å². The number of aliphatic hydroxyl groups is 2. The van der Waals surface area contributed by atoms with Gasteiger partial charge in [0, 0.05) is 62.9 Å². The summed E-state index contributed by atoms with van der Waals surface area (Å²) in [5, 5.41) is 31.7.